The molecule has 0 bridgehead atoms. The SMILES string of the molecule is CC1CCNC1C(=O)NCC1CCCCC1C(=O)O. The molecule has 2 fully saturated rings. The second-order valence-corrected chi connectivity index (χ2v) is 5.93. The van der Waals surface area contributed by atoms with Crippen molar-refractivity contribution in [2.45, 2.75) is 45.1 Å². The molecule has 19 heavy (non-hydrogen) atoms. The number of hydrogen-bond donors (Lipinski definition) is 3. The normalized spacial score (nSPS) is 35.0. The predicted octanol–water partition coefficient (Wildman–Crippen LogP) is 0.992. The summed E-state index contributed by atoms with van der Waals surface area (Å²) < 4.78 is 0. The molecule has 2 aliphatic rings. The number of hydrogen-bond acceptors (Lipinski definition) is 3. The Labute approximate surface area is 114 Å². The van der Waals surface area contributed by atoms with E-state index in [2.05, 4.69) is 17.6 Å². The van der Waals surface area contributed by atoms with Gasteiger partial charge < -0.3 is 15.7 Å². The monoisotopic (exact) mass is 268 g/mol. The quantitative estimate of drug-likeness (QED) is 0.710. The zero-order valence-electron chi connectivity index (χ0n) is 11.5. The topological polar surface area (TPSA) is 78.4 Å². The van der Waals surface area contributed by atoms with Crippen LogP contribution in [0.1, 0.15) is 39.0 Å². The fourth-order valence-electron chi connectivity index (χ4n) is 3.30. The lowest BCUT2D eigenvalue weighted by Crippen LogP contribution is -2.46. The van der Waals surface area contributed by atoms with Gasteiger partial charge in [0, 0.05) is 6.54 Å². The van der Waals surface area contributed by atoms with Gasteiger partial charge in [-0.05, 0) is 37.6 Å². The minimum atomic E-state index is -0.716. The van der Waals surface area contributed by atoms with Crippen molar-refractivity contribution < 1.29 is 14.7 Å². The lowest BCUT2D eigenvalue weighted by Gasteiger charge is -2.29. The largest absolute Gasteiger partial charge is 0.481 e. The lowest BCUT2D eigenvalue weighted by molar-refractivity contribution is -0.145. The van der Waals surface area contributed by atoms with Crippen molar-refractivity contribution in [3.05, 3.63) is 0 Å². The van der Waals surface area contributed by atoms with Crippen LogP contribution in [0.3, 0.4) is 0 Å². The third-order valence-corrected chi connectivity index (χ3v) is 4.58. The van der Waals surface area contributed by atoms with E-state index in [1.807, 2.05) is 0 Å². The molecule has 0 radical (unpaired) electrons. The van der Waals surface area contributed by atoms with Gasteiger partial charge in [-0.1, -0.05) is 19.8 Å². The Balaban J connectivity index is 1.83. The maximum absolute atomic E-state index is 12.1. The van der Waals surface area contributed by atoms with E-state index in [1.165, 1.54) is 0 Å². The third kappa shape index (κ3) is 3.47. The summed E-state index contributed by atoms with van der Waals surface area (Å²) in [4.78, 5) is 23.2. The Morgan fingerprint density at radius 3 is 2.63 bits per heavy atom. The Morgan fingerprint density at radius 1 is 1.26 bits per heavy atom. The molecule has 0 aromatic carbocycles. The molecule has 3 N–H and O–H groups in total. The van der Waals surface area contributed by atoms with Gasteiger partial charge in [0.25, 0.3) is 0 Å². The van der Waals surface area contributed by atoms with E-state index in [0.29, 0.717) is 12.5 Å². The molecule has 4 unspecified atom stereocenters. The average Bonchev–Trinajstić information content (AvgIpc) is 2.82. The molecule has 1 aliphatic carbocycles. The molecule has 5 nitrogen and oxygen atoms in total. The third-order valence-electron chi connectivity index (χ3n) is 4.58. The van der Waals surface area contributed by atoms with Crippen LogP contribution in [-0.4, -0.2) is 36.1 Å². The van der Waals surface area contributed by atoms with Gasteiger partial charge in [0.05, 0.1) is 12.0 Å². The van der Waals surface area contributed by atoms with Crippen LogP contribution < -0.4 is 10.6 Å². The molecule has 108 valence electrons. The first-order valence-electron chi connectivity index (χ1n) is 7.33. The van der Waals surface area contributed by atoms with E-state index in [9.17, 15) is 14.7 Å². The molecule has 1 amide bonds. The maximum Gasteiger partial charge on any atom is 0.306 e. The van der Waals surface area contributed by atoms with Gasteiger partial charge >= 0.3 is 5.97 Å². The summed E-state index contributed by atoms with van der Waals surface area (Å²) in [6.45, 7) is 3.46. The van der Waals surface area contributed by atoms with Crippen LogP contribution in [0.2, 0.25) is 0 Å². The molecule has 2 rings (SSSR count). The second-order valence-electron chi connectivity index (χ2n) is 5.93. The zero-order chi connectivity index (χ0) is 13.8. The van der Waals surface area contributed by atoms with Crippen molar-refractivity contribution in [3.63, 3.8) is 0 Å². The van der Waals surface area contributed by atoms with Gasteiger partial charge in [-0.25, -0.2) is 0 Å². The van der Waals surface area contributed by atoms with Crippen LogP contribution in [0.15, 0.2) is 0 Å². The molecule has 1 saturated carbocycles. The van der Waals surface area contributed by atoms with E-state index < -0.39 is 5.97 Å². The van der Waals surface area contributed by atoms with Crippen molar-refractivity contribution in [2.24, 2.45) is 17.8 Å². The molecular weight excluding hydrogens is 244 g/mol. The van der Waals surface area contributed by atoms with Gasteiger partial charge in [0.15, 0.2) is 0 Å². The lowest BCUT2D eigenvalue weighted by atomic mass is 9.79. The van der Waals surface area contributed by atoms with Crippen LogP contribution in [0.25, 0.3) is 0 Å². The molecule has 1 heterocycles. The van der Waals surface area contributed by atoms with E-state index in [1.54, 1.807) is 0 Å². The Morgan fingerprint density at radius 2 is 2.00 bits per heavy atom. The molecule has 4 atom stereocenters. The molecule has 5 heteroatoms. The first kappa shape index (κ1) is 14.3. The summed E-state index contributed by atoms with van der Waals surface area (Å²) in [6.07, 6.45) is 4.74. The summed E-state index contributed by atoms with van der Waals surface area (Å²) in [7, 11) is 0. The fourth-order valence-corrected chi connectivity index (χ4v) is 3.30. The number of carboxylic acids is 1. The summed E-state index contributed by atoms with van der Waals surface area (Å²) in [5.74, 6) is -0.525. The highest BCUT2D eigenvalue weighted by molar-refractivity contribution is 5.82. The smallest absolute Gasteiger partial charge is 0.306 e. The number of nitrogens with one attached hydrogen (secondary N) is 2. The highest BCUT2D eigenvalue weighted by atomic mass is 16.4. The van der Waals surface area contributed by atoms with Crippen LogP contribution in [0.5, 0.6) is 0 Å². The summed E-state index contributed by atoms with van der Waals surface area (Å²) >= 11 is 0. The van der Waals surface area contributed by atoms with Gasteiger partial charge in [-0.15, -0.1) is 0 Å². The fraction of sp³-hybridized carbons (Fsp3) is 0.857. The van der Waals surface area contributed by atoms with E-state index in [-0.39, 0.29) is 23.8 Å². The maximum atomic E-state index is 12.1. The predicted molar refractivity (Wildman–Crippen MR) is 71.7 cm³/mol. The molecule has 1 aliphatic heterocycles. The van der Waals surface area contributed by atoms with Gasteiger partial charge in [0.1, 0.15) is 0 Å². The summed E-state index contributed by atoms with van der Waals surface area (Å²) in [5.41, 5.74) is 0. The summed E-state index contributed by atoms with van der Waals surface area (Å²) in [5, 5.41) is 15.3. The minimum Gasteiger partial charge on any atom is -0.481 e. The molecule has 0 aromatic rings. The molecule has 0 aromatic heterocycles. The van der Waals surface area contributed by atoms with Crippen LogP contribution in [0, 0.1) is 17.8 Å². The standard InChI is InChI=1S/C14H24N2O3/c1-9-6-7-15-12(9)13(17)16-8-10-4-2-3-5-11(10)14(18)19/h9-12,15H,2-8H2,1H3,(H,16,17)(H,18,19). The van der Waals surface area contributed by atoms with Crippen molar-refractivity contribution in [3.8, 4) is 0 Å². The van der Waals surface area contributed by atoms with Crippen LogP contribution in [0.4, 0.5) is 0 Å². The Hall–Kier alpha value is -1.10. The number of carbonyl (C=O) groups is 2. The number of amides is 1. The second kappa shape index (κ2) is 6.37. The van der Waals surface area contributed by atoms with E-state index in [4.69, 9.17) is 0 Å². The first-order chi connectivity index (χ1) is 9.09. The van der Waals surface area contributed by atoms with E-state index >= 15 is 0 Å². The Kier molecular flexibility index (Phi) is 4.80. The van der Waals surface area contributed by atoms with E-state index in [0.717, 1.165) is 38.6 Å². The number of carboxylic acid groups (broad SMARTS) is 1. The highest BCUT2D eigenvalue weighted by Crippen LogP contribution is 2.29. The summed E-state index contributed by atoms with van der Waals surface area (Å²) in [6, 6.07) is -0.105. The van der Waals surface area contributed by atoms with Crippen molar-refractivity contribution >= 4 is 11.9 Å². The zero-order valence-corrected chi connectivity index (χ0v) is 11.5. The molecule has 1 saturated heterocycles. The van der Waals surface area contributed by atoms with Crippen LogP contribution >= 0.6 is 0 Å². The number of carbonyl (C=O) groups excluding carboxylic acids is 1. The Bertz CT molecular complexity index is 346. The highest BCUT2D eigenvalue weighted by Gasteiger charge is 2.33. The first-order valence-corrected chi connectivity index (χ1v) is 7.33. The van der Waals surface area contributed by atoms with Gasteiger partial charge in [0.2, 0.25) is 5.91 Å². The molecular formula is C14H24N2O3. The van der Waals surface area contributed by atoms with Crippen molar-refractivity contribution in [1.29, 1.82) is 0 Å². The number of rotatable bonds is 4. The van der Waals surface area contributed by atoms with Crippen LogP contribution in [-0.2, 0) is 9.59 Å². The van der Waals surface area contributed by atoms with Gasteiger partial charge in [-0.2, -0.15) is 0 Å². The molecule has 0 spiro atoms. The van der Waals surface area contributed by atoms with Gasteiger partial charge in [-0.3, -0.25) is 9.59 Å². The average molecular weight is 268 g/mol. The minimum absolute atomic E-state index is 0.0275. The number of aliphatic carboxylic acids is 1. The van der Waals surface area contributed by atoms with Crippen molar-refractivity contribution in [2.75, 3.05) is 13.1 Å². The van der Waals surface area contributed by atoms with Crippen molar-refractivity contribution in [1.82, 2.24) is 10.6 Å².